The van der Waals surface area contributed by atoms with Crippen LogP contribution in [0.3, 0.4) is 0 Å². The minimum absolute atomic E-state index is 0.00108. The molecule has 0 radical (unpaired) electrons. The summed E-state index contributed by atoms with van der Waals surface area (Å²) in [7, 11) is 0. The summed E-state index contributed by atoms with van der Waals surface area (Å²) in [4.78, 5) is 89.7. The molecule has 0 aromatic heterocycles. The van der Waals surface area contributed by atoms with Gasteiger partial charge in [-0.1, -0.05) is 0 Å². The van der Waals surface area contributed by atoms with Crippen LogP contribution in [-0.2, 0) is 66.9 Å². The molecule has 0 aromatic carbocycles. The highest BCUT2D eigenvalue weighted by Crippen LogP contribution is 2.13. The molecule has 0 aromatic rings. The first-order valence-electron chi connectivity index (χ1n) is 13.5. The largest absolute Gasteiger partial charge is 0.465 e. The summed E-state index contributed by atoms with van der Waals surface area (Å²) < 4.78 is 26.3. The van der Waals surface area contributed by atoms with Crippen molar-refractivity contribution in [3.05, 3.63) is 0 Å². The Hall–Kier alpha value is -3.51. The molecular formula is C25H37N3O14. The SMILES string of the molecule is O=COCCOCCOCCCNC(COCCC(=O)ON1C(=O)CCC1=O)COCCC(=O)ON1C(=O)CCC1=O. The predicted molar refractivity (Wildman–Crippen MR) is 135 cm³/mol. The molecule has 2 saturated heterocycles. The zero-order valence-electron chi connectivity index (χ0n) is 23.3. The van der Waals surface area contributed by atoms with Crippen molar-refractivity contribution in [2.75, 3.05) is 66.0 Å². The first kappa shape index (κ1) is 34.7. The summed E-state index contributed by atoms with van der Waals surface area (Å²) in [5.41, 5.74) is 0. The van der Waals surface area contributed by atoms with Gasteiger partial charge in [-0.15, -0.1) is 10.1 Å². The molecule has 17 nitrogen and oxygen atoms in total. The number of hydrogen-bond acceptors (Lipinski definition) is 15. The maximum atomic E-state index is 11.9. The zero-order chi connectivity index (χ0) is 30.6. The number of hydroxylamine groups is 4. The lowest BCUT2D eigenvalue weighted by molar-refractivity contribution is -0.198. The average Bonchev–Trinajstić information content (AvgIpc) is 3.46. The summed E-state index contributed by atoms with van der Waals surface area (Å²) in [6.45, 7) is 2.64. The summed E-state index contributed by atoms with van der Waals surface area (Å²) >= 11 is 0. The average molecular weight is 604 g/mol. The molecule has 2 rings (SSSR count). The lowest BCUT2D eigenvalue weighted by atomic mass is 10.3. The molecule has 2 heterocycles. The van der Waals surface area contributed by atoms with Crippen LogP contribution in [0.25, 0.3) is 0 Å². The number of nitrogens with zero attached hydrogens (tertiary/aromatic N) is 2. The van der Waals surface area contributed by atoms with E-state index >= 15 is 0 Å². The van der Waals surface area contributed by atoms with E-state index in [1.165, 1.54) is 0 Å². The third-order valence-electron chi connectivity index (χ3n) is 5.62. The van der Waals surface area contributed by atoms with Crippen molar-refractivity contribution in [1.82, 2.24) is 15.4 Å². The second-order valence-corrected chi connectivity index (χ2v) is 8.94. The van der Waals surface area contributed by atoms with Crippen molar-refractivity contribution in [1.29, 1.82) is 0 Å². The Kier molecular flexibility index (Phi) is 16.8. The topological polar surface area (TPSA) is 203 Å². The van der Waals surface area contributed by atoms with E-state index < -0.39 is 35.6 Å². The number of ether oxygens (including phenoxy) is 5. The van der Waals surface area contributed by atoms with Crippen molar-refractivity contribution in [3.8, 4) is 0 Å². The molecule has 0 bridgehead atoms. The van der Waals surface area contributed by atoms with Gasteiger partial charge in [0, 0.05) is 32.3 Å². The van der Waals surface area contributed by atoms with Gasteiger partial charge in [0.1, 0.15) is 6.61 Å². The fourth-order valence-corrected chi connectivity index (χ4v) is 3.50. The van der Waals surface area contributed by atoms with E-state index in [-0.39, 0.29) is 84.2 Å². The maximum Gasteiger partial charge on any atom is 0.335 e. The van der Waals surface area contributed by atoms with E-state index in [0.29, 0.717) is 49.4 Å². The second-order valence-electron chi connectivity index (χ2n) is 8.94. The molecule has 2 aliphatic heterocycles. The Bertz CT molecular complexity index is 840. The molecule has 4 amide bonds. The van der Waals surface area contributed by atoms with Gasteiger partial charge in [-0.05, 0) is 13.0 Å². The molecule has 0 aliphatic carbocycles. The van der Waals surface area contributed by atoms with Gasteiger partial charge in [-0.25, -0.2) is 9.59 Å². The first-order valence-corrected chi connectivity index (χ1v) is 13.5. The monoisotopic (exact) mass is 603 g/mol. The molecule has 236 valence electrons. The van der Waals surface area contributed by atoms with E-state index in [0.717, 1.165) is 0 Å². The van der Waals surface area contributed by atoms with Gasteiger partial charge in [-0.3, -0.25) is 24.0 Å². The maximum absolute atomic E-state index is 11.9. The number of nitrogens with one attached hydrogen (secondary N) is 1. The Morgan fingerprint density at radius 2 is 1.12 bits per heavy atom. The number of carbonyl (C=O) groups is 7. The van der Waals surface area contributed by atoms with Gasteiger partial charge in [0.05, 0.1) is 65.1 Å². The van der Waals surface area contributed by atoms with Gasteiger partial charge in [0.2, 0.25) is 0 Å². The molecular weight excluding hydrogens is 566 g/mol. The van der Waals surface area contributed by atoms with Gasteiger partial charge >= 0.3 is 11.9 Å². The third kappa shape index (κ3) is 13.9. The Morgan fingerprint density at radius 3 is 1.60 bits per heavy atom. The lowest BCUT2D eigenvalue weighted by Crippen LogP contribution is -2.39. The molecule has 0 saturated carbocycles. The number of rotatable bonds is 24. The van der Waals surface area contributed by atoms with Crippen molar-refractivity contribution in [2.24, 2.45) is 0 Å². The molecule has 42 heavy (non-hydrogen) atoms. The van der Waals surface area contributed by atoms with E-state index in [1.807, 2.05) is 0 Å². The number of amides is 4. The van der Waals surface area contributed by atoms with E-state index in [1.54, 1.807) is 0 Å². The molecule has 2 aliphatic rings. The summed E-state index contributed by atoms with van der Waals surface area (Å²) in [5, 5.41) is 4.16. The summed E-state index contributed by atoms with van der Waals surface area (Å²) in [6, 6.07) is -0.346. The Labute approximate surface area is 241 Å². The van der Waals surface area contributed by atoms with Crippen LogP contribution in [0, 0.1) is 0 Å². The molecule has 2 fully saturated rings. The van der Waals surface area contributed by atoms with Crippen molar-refractivity contribution >= 4 is 42.0 Å². The normalized spacial score (nSPS) is 15.2. The van der Waals surface area contributed by atoms with Crippen LogP contribution < -0.4 is 5.32 Å². The van der Waals surface area contributed by atoms with Crippen LogP contribution in [0.5, 0.6) is 0 Å². The minimum atomic E-state index is -0.787. The second kappa shape index (κ2) is 20.4. The molecule has 0 spiro atoms. The third-order valence-corrected chi connectivity index (χ3v) is 5.62. The highest BCUT2D eigenvalue weighted by Gasteiger charge is 2.33. The number of hydrogen-bond donors (Lipinski definition) is 1. The van der Waals surface area contributed by atoms with Crippen molar-refractivity contribution < 1.29 is 66.9 Å². The highest BCUT2D eigenvalue weighted by atomic mass is 16.7. The molecule has 0 atom stereocenters. The highest BCUT2D eigenvalue weighted by molar-refractivity contribution is 6.02. The Balaban J connectivity index is 1.65. The van der Waals surface area contributed by atoms with E-state index in [2.05, 4.69) is 10.1 Å². The molecule has 0 unspecified atom stereocenters. The van der Waals surface area contributed by atoms with Crippen LogP contribution in [0.4, 0.5) is 0 Å². The molecule has 17 heteroatoms. The number of imide groups is 2. The van der Waals surface area contributed by atoms with Crippen molar-refractivity contribution in [2.45, 2.75) is 51.0 Å². The fourth-order valence-electron chi connectivity index (χ4n) is 3.50. The number of carbonyl (C=O) groups excluding carboxylic acids is 7. The fraction of sp³-hybridized carbons (Fsp3) is 0.720. The quantitative estimate of drug-likeness (QED) is 0.0763. The van der Waals surface area contributed by atoms with E-state index in [9.17, 15) is 33.6 Å². The minimum Gasteiger partial charge on any atom is -0.465 e. The lowest BCUT2D eigenvalue weighted by Gasteiger charge is -2.19. The van der Waals surface area contributed by atoms with Gasteiger partial charge in [-0.2, -0.15) is 0 Å². The van der Waals surface area contributed by atoms with E-state index in [4.69, 9.17) is 28.6 Å². The standard InChI is InChI=1S/C25H37N3O14/c29-18-40-15-14-37-13-12-36-9-1-8-26-19(16-38-10-6-24(34)41-27-20(30)2-3-21(27)31)17-39-11-7-25(35)42-28-22(32)4-5-23(28)33/h18-19,26H,1-17H2. The Morgan fingerprint density at radius 1 is 0.667 bits per heavy atom. The van der Waals surface area contributed by atoms with Gasteiger partial charge in [0.15, 0.2) is 0 Å². The van der Waals surface area contributed by atoms with Gasteiger partial charge in [0.25, 0.3) is 30.1 Å². The predicted octanol–water partition coefficient (Wildman–Crippen LogP) is -1.43. The summed E-state index contributed by atoms with van der Waals surface area (Å²) in [6.07, 6.45) is 0.248. The van der Waals surface area contributed by atoms with Crippen LogP contribution in [0.1, 0.15) is 44.9 Å². The van der Waals surface area contributed by atoms with Crippen LogP contribution >= 0.6 is 0 Å². The zero-order valence-corrected chi connectivity index (χ0v) is 23.3. The summed E-state index contributed by atoms with van der Waals surface area (Å²) in [5.74, 6) is -3.86. The van der Waals surface area contributed by atoms with Crippen LogP contribution in [0.2, 0.25) is 0 Å². The smallest absolute Gasteiger partial charge is 0.335 e. The van der Waals surface area contributed by atoms with Crippen molar-refractivity contribution in [3.63, 3.8) is 0 Å². The first-order chi connectivity index (χ1) is 20.3. The molecule has 1 N–H and O–H groups in total. The van der Waals surface area contributed by atoms with Crippen LogP contribution in [-0.4, -0.2) is 124 Å². The van der Waals surface area contributed by atoms with Crippen LogP contribution in [0.15, 0.2) is 0 Å². The van der Waals surface area contributed by atoms with Gasteiger partial charge < -0.3 is 38.7 Å².